The van der Waals surface area contributed by atoms with E-state index in [9.17, 15) is 4.79 Å². The lowest BCUT2D eigenvalue weighted by Gasteiger charge is -2.56. The molecule has 1 aliphatic carbocycles. The molecular weight excluding hydrogens is 264 g/mol. The van der Waals surface area contributed by atoms with Crippen LogP contribution in [0.2, 0.25) is 0 Å². The highest BCUT2D eigenvalue weighted by Gasteiger charge is 2.48. The summed E-state index contributed by atoms with van der Waals surface area (Å²) in [6.07, 6.45) is 10.8. The van der Waals surface area contributed by atoms with E-state index in [-0.39, 0.29) is 5.54 Å². The van der Waals surface area contributed by atoms with E-state index in [0.717, 1.165) is 12.2 Å². The molecule has 21 heavy (non-hydrogen) atoms. The summed E-state index contributed by atoms with van der Waals surface area (Å²) in [6, 6.07) is 0. The van der Waals surface area contributed by atoms with Gasteiger partial charge in [-0.05, 0) is 32.1 Å². The predicted octanol–water partition coefficient (Wildman–Crippen LogP) is 2.32. The Morgan fingerprint density at radius 1 is 1.38 bits per heavy atom. The second-order valence-electron chi connectivity index (χ2n) is 6.81. The molecular formula is C16H26N4O. The number of aromatic nitrogens is 3. The molecule has 2 heterocycles. The lowest BCUT2D eigenvalue weighted by atomic mass is 9.69. The molecule has 0 spiro atoms. The Kier molecular flexibility index (Phi) is 4.00. The quantitative estimate of drug-likeness (QED) is 0.855. The summed E-state index contributed by atoms with van der Waals surface area (Å²) in [4.78, 5) is 16.2. The maximum atomic E-state index is 12.5. The van der Waals surface area contributed by atoms with Crippen LogP contribution in [-0.2, 0) is 18.3 Å². The summed E-state index contributed by atoms with van der Waals surface area (Å²) in [5.41, 5.74) is 1.03. The third-order valence-corrected chi connectivity index (χ3v) is 5.49. The Labute approximate surface area is 126 Å². The minimum Gasteiger partial charge on any atom is -0.337 e. The van der Waals surface area contributed by atoms with E-state index >= 15 is 0 Å². The Balaban J connectivity index is 1.56. The first-order valence-corrected chi connectivity index (χ1v) is 8.25. The van der Waals surface area contributed by atoms with Crippen molar-refractivity contribution in [2.75, 3.05) is 6.54 Å². The van der Waals surface area contributed by atoms with Gasteiger partial charge in [-0.1, -0.05) is 19.3 Å². The summed E-state index contributed by atoms with van der Waals surface area (Å²) in [7, 11) is 1.81. The topological polar surface area (TPSA) is 51.0 Å². The van der Waals surface area contributed by atoms with Crippen LogP contribution in [-0.4, -0.2) is 37.9 Å². The molecule has 1 saturated carbocycles. The standard InChI is InChI=1S/C16H26N4O/c1-16(13-6-4-3-5-7-13)10-11-20(16)15(21)9-8-14-12-17-19(2)18-14/h12-13H,3-11H2,1-2H3. The van der Waals surface area contributed by atoms with E-state index in [4.69, 9.17) is 0 Å². The van der Waals surface area contributed by atoms with Crippen molar-refractivity contribution in [2.24, 2.45) is 13.0 Å². The van der Waals surface area contributed by atoms with Gasteiger partial charge in [0.2, 0.25) is 5.91 Å². The van der Waals surface area contributed by atoms with Gasteiger partial charge in [0, 0.05) is 32.0 Å². The lowest BCUT2D eigenvalue weighted by molar-refractivity contribution is -0.152. The Morgan fingerprint density at radius 3 is 2.71 bits per heavy atom. The molecule has 0 radical (unpaired) electrons. The molecule has 1 aromatic rings. The number of likely N-dealkylation sites (tertiary alicyclic amines) is 1. The molecule has 0 bridgehead atoms. The van der Waals surface area contributed by atoms with Gasteiger partial charge >= 0.3 is 0 Å². The SMILES string of the molecule is Cn1ncc(CCC(=O)N2CCC2(C)C2CCCCC2)n1. The average Bonchev–Trinajstić information content (AvgIpc) is 2.90. The van der Waals surface area contributed by atoms with Gasteiger partial charge in [0.1, 0.15) is 0 Å². The number of nitrogens with zero attached hydrogens (tertiary/aromatic N) is 4. The number of hydrogen-bond acceptors (Lipinski definition) is 3. The number of hydrogen-bond donors (Lipinski definition) is 0. The van der Waals surface area contributed by atoms with Crippen molar-refractivity contribution in [2.45, 2.75) is 63.8 Å². The van der Waals surface area contributed by atoms with E-state index in [1.807, 2.05) is 0 Å². The molecule has 2 fully saturated rings. The Bertz CT molecular complexity index is 506. The van der Waals surface area contributed by atoms with Crippen LogP contribution in [0.5, 0.6) is 0 Å². The third-order valence-electron chi connectivity index (χ3n) is 5.49. The van der Waals surface area contributed by atoms with Gasteiger partial charge < -0.3 is 4.90 Å². The van der Waals surface area contributed by atoms with Crippen molar-refractivity contribution in [3.63, 3.8) is 0 Å². The van der Waals surface area contributed by atoms with Crippen LogP contribution in [0.4, 0.5) is 0 Å². The van der Waals surface area contributed by atoms with Crippen LogP contribution in [0.1, 0.15) is 57.6 Å². The fourth-order valence-corrected chi connectivity index (χ4v) is 4.01. The molecule has 0 N–H and O–H groups in total. The highest BCUT2D eigenvalue weighted by atomic mass is 16.2. The molecule has 1 saturated heterocycles. The van der Waals surface area contributed by atoms with Gasteiger partial charge in [-0.25, -0.2) is 0 Å². The van der Waals surface area contributed by atoms with Crippen molar-refractivity contribution in [3.8, 4) is 0 Å². The van der Waals surface area contributed by atoms with E-state index in [0.29, 0.717) is 24.7 Å². The number of amides is 1. The average molecular weight is 290 g/mol. The lowest BCUT2D eigenvalue weighted by Crippen LogP contribution is -2.64. The molecule has 2 aliphatic rings. The Hall–Kier alpha value is -1.39. The van der Waals surface area contributed by atoms with Crippen LogP contribution < -0.4 is 0 Å². The molecule has 116 valence electrons. The van der Waals surface area contributed by atoms with E-state index in [2.05, 4.69) is 22.0 Å². The first-order chi connectivity index (χ1) is 10.1. The van der Waals surface area contributed by atoms with Crippen molar-refractivity contribution in [3.05, 3.63) is 11.9 Å². The number of carbonyl (C=O) groups is 1. The smallest absolute Gasteiger partial charge is 0.223 e. The molecule has 5 nitrogen and oxygen atoms in total. The normalized spacial score (nSPS) is 26.7. The fourth-order valence-electron chi connectivity index (χ4n) is 4.01. The van der Waals surface area contributed by atoms with Gasteiger partial charge in [0.25, 0.3) is 0 Å². The van der Waals surface area contributed by atoms with Crippen LogP contribution in [0.15, 0.2) is 6.20 Å². The fraction of sp³-hybridized carbons (Fsp3) is 0.812. The molecule has 1 atom stereocenters. The number of aryl methyl sites for hydroxylation is 2. The minimum absolute atomic E-state index is 0.125. The number of rotatable bonds is 4. The largest absolute Gasteiger partial charge is 0.337 e. The molecule has 5 heteroatoms. The van der Waals surface area contributed by atoms with Crippen molar-refractivity contribution in [1.29, 1.82) is 0 Å². The van der Waals surface area contributed by atoms with Crippen LogP contribution in [0, 0.1) is 5.92 Å². The van der Waals surface area contributed by atoms with Crippen molar-refractivity contribution < 1.29 is 4.79 Å². The zero-order chi connectivity index (χ0) is 14.9. The first kappa shape index (κ1) is 14.5. The van der Waals surface area contributed by atoms with Crippen LogP contribution in [0.25, 0.3) is 0 Å². The van der Waals surface area contributed by atoms with Gasteiger partial charge in [-0.3, -0.25) is 4.79 Å². The van der Waals surface area contributed by atoms with Gasteiger partial charge in [0.15, 0.2) is 0 Å². The Morgan fingerprint density at radius 2 is 2.14 bits per heavy atom. The first-order valence-electron chi connectivity index (χ1n) is 8.25. The molecule has 0 aromatic carbocycles. The zero-order valence-corrected chi connectivity index (χ0v) is 13.2. The van der Waals surface area contributed by atoms with Crippen LogP contribution in [0.3, 0.4) is 0 Å². The summed E-state index contributed by atoms with van der Waals surface area (Å²) in [6.45, 7) is 3.24. The second-order valence-corrected chi connectivity index (χ2v) is 6.81. The van der Waals surface area contributed by atoms with E-state index in [1.54, 1.807) is 18.0 Å². The molecule has 3 rings (SSSR count). The summed E-state index contributed by atoms with van der Waals surface area (Å²) < 4.78 is 0. The summed E-state index contributed by atoms with van der Waals surface area (Å²) >= 11 is 0. The minimum atomic E-state index is 0.125. The highest BCUT2D eigenvalue weighted by Crippen LogP contribution is 2.44. The van der Waals surface area contributed by atoms with E-state index in [1.165, 1.54) is 38.5 Å². The monoisotopic (exact) mass is 290 g/mol. The van der Waals surface area contributed by atoms with Gasteiger partial charge in [0.05, 0.1) is 11.9 Å². The maximum absolute atomic E-state index is 12.5. The van der Waals surface area contributed by atoms with Gasteiger partial charge in [-0.15, -0.1) is 0 Å². The summed E-state index contributed by atoms with van der Waals surface area (Å²) in [5.74, 6) is 1.00. The highest BCUT2D eigenvalue weighted by molar-refractivity contribution is 5.78. The molecule has 1 aliphatic heterocycles. The van der Waals surface area contributed by atoms with Gasteiger partial charge in [-0.2, -0.15) is 15.0 Å². The molecule has 1 amide bonds. The number of carbonyl (C=O) groups excluding carboxylic acids is 1. The zero-order valence-electron chi connectivity index (χ0n) is 13.2. The third kappa shape index (κ3) is 2.83. The van der Waals surface area contributed by atoms with Crippen molar-refractivity contribution in [1.82, 2.24) is 19.9 Å². The van der Waals surface area contributed by atoms with Crippen molar-refractivity contribution >= 4 is 5.91 Å². The second kappa shape index (κ2) is 5.78. The molecule has 1 unspecified atom stereocenters. The molecule has 1 aromatic heterocycles. The summed E-state index contributed by atoms with van der Waals surface area (Å²) in [5, 5.41) is 8.30. The predicted molar refractivity (Wildman–Crippen MR) is 80.6 cm³/mol. The van der Waals surface area contributed by atoms with Crippen LogP contribution >= 0.6 is 0 Å². The van der Waals surface area contributed by atoms with E-state index < -0.39 is 0 Å². The maximum Gasteiger partial charge on any atom is 0.223 e.